The fraction of sp³-hybridized carbons (Fsp3) is 0.571. The molecule has 0 spiro atoms. The third-order valence-electron chi connectivity index (χ3n) is 3.66. The smallest absolute Gasteiger partial charge is 0.186 e. The van der Waals surface area contributed by atoms with Crippen molar-refractivity contribution in [1.29, 1.82) is 0 Å². The van der Waals surface area contributed by atoms with Crippen LogP contribution in [-0.2, 0) is 16.3 Å². The normalized spacial score (nSPS) is 19.5. The lowest BCUT2D eigenvalue weighted by molar-refractivity contribution is 0.357. The molecule has 1 aliphatic rings. The van der Waals surface area contributed by atoms with Crippen LogP contribution in [0.1, 0.15) is 24.8 Å². The summed E-state index contributed by atoms with van der Waals surface area (Å²) in [6.45, 7) is 0.874. The minimum Gasteiger partial charge on any atom is -0.493 e. The summed E-state index contributed by atoms with van der Waals surface area (Å²) in [5, 5.41) is 3.28. The predicted molar refractivity (Wildman–Crippen MR) is 75.4 cm³/mol. The van der Waals surface area contributed by atoms with Gasteiger partial charge in [0.2, 0.25) is 0 Å². The lowest BCUT2D eigenvalue weighted by Crippen LogP contribution is -2.35. The molecule has 1 aromatic rings. The highest BCUT2D eigenvalue weighted by Crippen LogP contribution is 2.32. The minimum atomic E-state index is -3.99. The van der Waals surface area contributed by atoms with Gasteiger partial charge in [-0.15, -0.1) is 0 Å². The van der Waals surface area contributed by atoms with E-state index in [9.17, 15) is 17.2 Å². The maximum Gasteiger partial charge on any atom is 0.186 e. The van der Waals surface area contributed by atoms with Gasteiger partial charge in [0, 0.05) is 17.9 Å². The van der Waals surface area contributed by atoms with Crippen molar-refractivity contribution in [2.24, 2.45) is 0 Å². The largest absolute Gasteiger partial charge is 0.493 e. The number of hydrogen-bond donors (Lipinski definition) is 1. The fourth-order valence-electron chi connectivity index (χ4n) is 2.71. The molecule has 0 aliphatic carbocycles. The lowest BCUT2D eigenvalue weighted by Gasteiger charge is -2.24. The van der Waals surface area contributed by atoms with E-state index in [0.29, 0.717) is 12.0 Å². The van der Waals surface area contributed by atoms with E-state index in [1.54, 1.807) is 0 Å². The first-order chi connectivity index (χ1) is 9.84. The van der Waals surface area contributed by atoms with Crippen LogP contribution in [0.5, 0.6) is 5.75 Å². The number of halogens is 2. The average Bonchev–Trinajstić information content (AvgIpc) is 2.38. The molecular weight excluding hydrogens is 300 g/mol. The summed E-state index contributed by atoms with van der Waals surface area (Å²) >= 11 is 0. The van der Waals surface area contributed by atoms with E-state index < -0.39 is 26.4 Å². The van der Waals surface area contributed by atoms with Crippen LogP contribution < -0.4 is 10.1 Å². The van der Waals surface area contributed by atoms with Gasteiger partial charge in [0.15, 0.2) is 21.4 Å². The van der Waals surface area contributed by atoms with Gasteiger partial charge in [-0.1, -0.05) is 6.42 Å². The summed E-state index contributed by atoms with van der Waals surface area (Å²) in [6.07, 6.45) is 4.24. The van der Waals surface area contributed by atoms with Gasteiger partial charge in [-0.2, -0.15) is 0 Å². The van der Waals surface area contributed by atoms with Crippen LogP contribution in [-0.4, -0.2) is 34.4 Å². The van der Waals surface area contributed by atoms with Crippen LogP contribution in [0.3, 0.4) is 0 Å². The Bertz CT molecular complexity index is 626. The Morgan fingerprint density at radius 3 is 2.62 bits per heavy atom. The van der Waals surface area contributed by atoms with Crippen LogP contribution in [0.25, 0.3) is 0 Å². The van der Waals surface area contributed by atoms with Gasteiger partial charge in [-0.25, -0.2) is 17.2 Å². The van der Waals surface area contributed by atoms with E-state index in [0.717, 1.165) is 38.1 Å². The summed E-state index contributed by atoms with van der Waals surface area (Å²) in [5.74, 6) is -2.41. The molecule has 2 rings (SSSR count). The molecule has 0 bridgehead atoms. The molecule has 1 fully saturated rings. The monoisotopic (exact) mass is 319 g/mol. The molecule has 1 heterocycles. The molecule has 21 heavy (non-hydrogen) atoms. The number of piperidine rings is 1. The molecule has 1 unspecified atom stereocenters. The molecule has 0 aromatic heterocycles. The van der Waals surface area contributed by atoms with E-state index in [2.05, 4.69) is 5.32 Å². The van der Waals surface area contributed by atoms with Crippen molar-refractivity contribution in [1.82, 2.24) is 5.32 Å². The van der Waals surface area contributed by atoms with E-state index in [-0.39, 0.29) is 11.8 Å². The first kappa shape index (κ1) is 16.2. The molecular formula is C14H19F2NO3S. The summed E-state index contributed by atoms with van der Waals surface area (Å²) in [7, 11) is -2.74. The predicted octanol–water partition coefficient (Wildman–Crippen LogP) is 2.06. The third kappa shape index (κ3) is 3.52. The molecule has 1 N–H and O–H groups in total. The van der Waals surface area contributed by atoms with Crippen LogP contribution in [0.4, 0.5) is 8.78 Å². The number of sulfone groups is 1. The Morgan fingerprint density at radius 2 is 2.10 bits per heavy atom. The summed E-state index contributed by atoms with van der Waals surface area (Å²) in [6, 6.07) is 1.18. The van der Waals surface area contributed by atoms with Crippen molar-refractivity contribution >= 4 is 9.84 Å². The van der Waals surface area contributed by atoms with E-state index in [1.807, 2.05) is 0 Å². The van der Waals surface area contributed by atoms with Crippen molar-refractivity contribution < 1.29 is 21.9 Å². The zero-order valence-electron chi connectivity index (χ0n) is 12.1. The number of rotatable bonds is 4. The SMILES string of the molecule is COc1c(CC2CCCCN2)cc(F)c(S(C)(=O)=O)c1F. The highest BCUT2D eigenvalue weighted by atomic mass is 32.2. The molecule has 1 atom stereocenters. The van der Waals surface area contributed by atoms with Crippen LogP contribution >= 0.6 is 0 Å². The second-order valence-electron chi connectivity index (χ2n) is 5.32. The number of methoxy groups -OCH3 is 1. The molecule has 7 heteroatoms. The molecule has 0 saturated carbocycles. The fourth-order valence-corrected chi connectivity index (χ4v) is 3.54. The van der Waals surface area contributed by atoms with Gasteiger partial charge in [-0.05, 0) is 31.9 Å². The topological polar surface area (TPSA) is 55.4 Å². The molecule has 1 aliphatic heterocycles. The second-order valence-corrected chi connectivity index (χ2v) is 7.27. The highest BCUT2D eigenvalue weighted by molar-refractivity contribution is 7.90. The Balaban J connectivity index is 2.42. The molecule has 0 amide bonds. The van der Waals surface area contributed by atoms with E-state index >= 15 is 0 Å². The van der Waals surface area contributed by atoms with Crippen LogP contribution in [0.2, 0.25) is 0 Å². The van der Waals surface area contributed by atoms with Crippen LogP contribution in [0.15, 0.2) is 11.0 Å². The van der Waals surface area contributed by atoms with Gasteiger partial charge < -0.3 is 10.1 Å². The number of nitrogens with one attached hydrogen (secondary N) is 1. The lowest BCUT2D eigenvalue weighted by atomic mass is 9.97. The van der Waals surface area contributed by atoms with Crippen molar-refractivity contribution in [3.63, 3.8) is 0 Å². The molecule has 0 radical (unpaired) electrons. The molecule has 1 aromatic carbocycles. The number of benzene rings is 1. The van der Waals surface area contributed by atoms with Gasteiger partial charge in [0.1, 0.15) is 10.7 Å². The number of hydrogen-bond acceptors (Lipinski definition) is 4. The Morgan fingerprint density at radius 1 is 1.38 bits per heavy atom. The van der Waals surface area contributed by atoms with Gasteiger partial charge in [-0.3, -0.25) is 0 Å². The number of ether oxygens (including phenoxy) is 1. The molecule has 1 saturated heterocycles. The summed E-state index contributed by atoms with van der Waals surface area (Å²) < 4.78 is 56.2. The Hall–Kier alpha value is -1.21. The maximum absolute atomic E-state index is 14.3. The standard InChI is InChI=1S/C14H19F2NO3S/c1-20-13-9(7-10-5-3-4-6-17-10)8-11(15)14(12(13)16)21(2,18)19/h8,10,17H,3-7H2,1-2H3. The zero-order valence-corrected chi connectivity index (χ0v) is 12.9. The van der Waals surface area contributed by atoms with E-state index in [1.165, 1.54) is 7.11 Å². The zero-order chi connectivity index (χ0) is 15.6. The van der Waals surface area contributed by atoms with E-state index in [4.69, 9.17) is 4.74 Å². The highest BCUT2D eigenvalue weighted by Gasteiger charge is 2.27. The van der Waals surface area contributed by atoms with Crippen molar-refractivity contribution in [3.05, 3.63) is 23.3 Å². The maximum atomic E-state index is 14.3. The van der Waals surface area contributed by atoms with Gasteiger partial charge in [0.05, 0.1) is 7.11 Å². The van der Waals surface area contributed by atoms with Gasteiger partial charge >= 0.3 is 0 Å². The van der Waals surface area contributed by atoms with Crippen molar-refractivity contribution in [2.45, 2.75) is 36.6 Å². The Labute approximate surface area is 123 Å². The van der Waals surface area contributed by atoms with Crippen molar-refractivity contribution in [2.75, 3.05) is 19.9 Å². The van der Waals surface area contributed by atoms with Crippen LogP contribution in [0, 0.1) is 11.6 Å². The summed E-state index contributed by atoms with van der Waals surface area (Å²) in [4.78, 5) is -0.931. The molecule has 4 nitrogen and oxygen atoms in total. The molecule has 118 valence electrons. The average molecular weight is 319 g/mol. The summed E-state index contributed by atoms with van der Waals surface area (Å²) in [5.41, 5.74) is 0.347. The van der Waals surface area contributed by atoms with Gasteiger partial charge in [0.25, 0.3) is 0 Å². The van der Waals surface area contributed by atoms with Crippen molar-refractivity contribution in [3.8, 4) is 5.75 Å². The third-order valence-corrected chi connectivity index (χ3v) is 4.78. The minimum absolute atomic E-state index is 0.121. The quantitative estimate of drug-likeness (QED) is 0.923. The first-order valence-corrected chi connectivity index (χ1v) is 8.72. The Kier molecular flexibility index (Phi) is 4.83. The second kappa shape index (κ2) is 6.27. The first-order valence-electron chi connectivity index (χ1n) is 6.83.